The van der Waals surface area contributed by atoms with Crippen LogP contribution < -0.4 is 5.32 Å². The number of alkyl halides is 2. The molecule has 1 aromatic heterocycles. The molecule has 2 rings (SSSR count). The fourth-order valence-corrected chi connectivity index (χ4v) is 2.16. The van der Waals surface area contributed by atoms with Crippen molar-refractivity contribution in [2.45, 2.75) is 18.9 Å². The number of halogens is 2. The van der Waals surface area contributed by atoms with Crippen LogP contribution in [0.15, 0.2) is 36.5 Å². The quantitative estimate of drug-likeness (QED) is 0.791. The normalized spacial score (nSPS) is 13.0. The fraction of sp³-hybridized carbons (Fsp3) is 0.400. The van der Waals surface area contributed by atoms with Crippen LogP contribution in [0.4, 0.5) is 8.78 Å². The molecule has 0 radical (unpaired) electrons. The van der Waals surface area contributed by atoms with Crippen LogP contribution in [0.3, 0.4) is 0 Å². The second-order valence-electron chi connectivity index (χ2n) is 4.55. The zero-order chi connectivity index (χ0) is 14.4. The molecule has 108 valence electrons. The number of fused-ring (bicyclic) bond motifs is 1. The minimum absolute atomic E-state index is 0.0808. The summed E-state index contributed by atoms with van der Waals surface area (Å²) in [6, 6.07) is 10.0. The zero-order valence-corrected chi connectivity index (χ0v) is 11.4. The number of hydrogen-bond acceptors (Lipinski definition) is 3. The van der Waals surface area contributed by atoms with Gasteiger partial charge in [0, 0.05) is 24.2 Å². The smallest absolute Gasteiger partial charge is 0.261 e. The zero-order valence-electron chi connectivity index (χ0n) is 11.4. The van der Waals surface area contributed by atoms with Gasteiger partial charge in [0.15, 0.2) is 0 Å². The van der Waals surface area contributed by atoms with Crippen molar-refractivity contribution in [2.24, 2.45) is 0 Å². The highest BCUT2D eigenvalue weighted by Crippen LogP contribution is 2.21. The molecule has 1 heterocycles. The highest BCUT2D eigenvalue weighted by atomic mass is 19.3. The Balaban J connectivity index is 2.01. The number of nitrogens with zero attached hydrogens (tertiary/aromatic N) is 1. The van der Waals surface area contributed by atoms with E-state index in [1.165, 1.54) is 0 Å². The van der Waals surface area contributed by atoms with E-state index in [0.29, 0.717) is 13.0 Å². The van der Waals surface area contributed by atoms with Crippen molar-refractivity contribution in [1.82, 2.24) is 10.3 Å². The summed E-state index contributed by atoms with van der Waals surface area (Å²) in [5, 5.41) is 4.25. The number of ether oxygens (including phenoxy) is 1. The minimum Gasteiger partial charge on any atom is -0.375 e. The first-order chi connectivity index (χ1) is 9.70. The number of aromatic nitrogens is 1. The van der Waals surface area contributed by atoms with Crippen LogP contribution in [0.2, 0.25) is 0 Å². The third-order valence-electron chi connectivity index (χ3n) is 3.17. The number of pyridine rings is 1. The number of rotatable bonds is 7. The Morgan fingerprint density at radius 3 is 2.90 bits per heavy atom. The van der Waals surface area contributed by atoms with Crippen LogP contribution in [0.25, 0.3) is 10.9 Å². The third-order valence-corrected chi connectivity index (χ3v) is 3.17. The van der Waals surface area contributed by atoms with Gasteiger partial charge in [0.05, 0.1) is 5.52 Å². The molecule has 0 aliphatic heterocycles. The maximum Gasteiger partial charge on any atom is 0.261 e. The highest BCUT2D eigenvalue weighted by Gasteiger charge is 2.10. The number of hydrogen-bond donors (Lipinski definition) is 1. The van der Waals surface area contributed by atoms with Crippen LogP contribution in [0, 0.1) is 0 Å². The Bertz CT molecular complexity index is 548. The van der Waals surface area contributed by atoms with Gasteiger partial charge in [0.2, 0.25) is 0 Å². The Labute approximate surface area is 117 Å². The van der Waals surface area contributed by atoms with Gasteiger partial charge in [-0.3, -0.25) is 4.98 Å². The first-order valence-electron chi connectivity index (χ1n) is 6.58. The Hall–Kier alpha value is -1.59. The Morgan fingerprint density at radius 2 is 2.15 bits per heavy atom. The van der Waals surface area contributed by atoms with E-state index in [0.717, 1.165) is 16.5 Å². The first-order valence-corrected chi connectivity index (χ1v) is 6.58. The lowest BCUT2D eigenvalue weighted by molar-refractivity contribution is 0.0145. The summed E-state index contributed by atoms with van der Waals surface area (Å²) in [5.74, 6) is 0. The lowest BCUT2D eigenvalue weighted by Crippen LogP contribution is -2.19. The van der Waals surface area contributed by atoms with Gasteiger partial charge in [0.25, 0.3) is 6.43 Å². The summed E-state index contributed by atoms with van der Waals surface area (Å²) >= 11 is 0. The van der Waals surface area contributed by atoms with E-state index in [1.54, 1.807) is 6.20 Å². The molecule has 1 atom stereocenters. The molecule has 0 aliphatic rings. The molecule has 0 amide bonds. The molecule has 1 unspecified atom stereocenters. The molecule has 0 saturated carbocycles. The Morgan fingerprint density at radius 1 is 1.30 bits per heavy atom. The second kappa shape index (κ2) is 7.26. The van der Waals surface area contributed by atoms with Crippen molar-refractivity contribution in [3.63, 3.8) is 0 Å². The first kappa shape index (κ1) is 14.8. The van der Waals surface area contributed by atoms with Crippen molar-refractivity contribution < 1.29 is 13.5 Å². The predicted molar refractivity (Wildman–Crippen MR) is 75.0 cm³/mol. The van der Waals surface area contributed by atoms with E-state index in [9.17, 15) is 8.78 Å². The fourth-order valence-electron chi connectivity index (χ4n) is 2.16. The lowest BCUT2D eigenvalue weighted by Gasteiger charge is -2.17. The van der Waals surface area contributed by atoms with E-state index in [-0.39, 0.29) is 6.04 Å². The third kappa shape index (κ3) is 3.95. The number of benzene rings is 1. The van der Waals surface area contributed by atoms with Gasteiger partial charge >= 0.3 is 0 Å². The van der Waals surface area contributed by atoms with Crippen LogP contribution in [-0.4, -0.2) is 31.7 Å². The summed E-state index contributed by atoms with van der Waals surface area (Å²) < 4.78 is 28.9. The molecule has 0 aliphatic carbocycles. The van der Waals surface area contributed by atoms with Gasteiger partial charge in [0.1, 0.15) is 6.61 Å². The van der Waals surface area contributed by atoms with Gasteiger partial charge in [-0.2, -0.15) is 0 Å². The minimum atomic E-state index is -2.41. The number of nitrogens with one attached hydrogen (secondary N) is 1. The summed E-state index contributed by atoms with van der Waals surface area (Å²) in [5.41, 5.74) is 2.05. The van der Waals surface area contributed by atoms with Crippen molar-refractivity contribution in [3.05, 3.63) is 42.1 Å². The van der Waals surface area contributed by atoms with Crippen LogP contribution in [-0.2, 0) is 4.74 Å². The molecule has 1 aromatic carbocycles. The molecular weight excluding hydrogens is 262 g/mol. The molecule has 5 heteroatoms. The molecule has 2 aromatic rings. The summed E-state index contributed by atoms with van der Waals surface area (Å²) in [7, 11) is 1.85. The summed E-state index contributed by atoms with van der Waals surface area (Å²) in [6.45, 7) is -0.195. The Kier molecular flexibility index (Phi) is 5.38. The maximum atomic E-state index is 12.0. The van der Waals surface area contributed by atoms with Gasteiger partial charge in [-0.05, 0) is 37.2 Å². The molecule has 0 fully saturated rings. The van der Waals surface area contributed by atoms with Gasteiger partial charge in [-0.15, -0.1) is 0 Å². The summed E-state index contributed by atoms with van der Waals surface area (Å²) in [6.07, 6.45) is -0.000142. The van der Waals surface area contributed by atoms with E-state index in [2.05, 4.69) is 16.4 Å². The van der Waals surface area contributed by atoms with E-state index in [1.807, 2.05) is 31.3 Å². The second-order valence-corrected chi connectivity index (χ2v) is 4.55. The molecule has 3 nitrogen and oxygen atoms in total. The summed E-state index contributed by atoms with van der Waals surface area (Å²) in [4.78, 5) is 4.27. The predicted octanol–water partition coefficient (Wildman–Crippen LogP) is 3.17. The van der Waals surface area contributed by atoms with Crippen molar-refractivity contribution in [2.75, 3.05) is 20.3 Å². The topological polar surface area (TPSA) is 34.1 Å². The molecule has 1 N–H and O–H groups in total. The van der Waals surface area contributed by atoms with E-state index >= 15 is 0 Å². The van der Waals surface area contributed by atoms with Gasteiger partial charge in [-0.1, -0.05) is 12.1 Å². The molecule has 0 saturated heterocycles. The average molecular weight is 280 g/mol. The van der Waals surface area contributed by atoms with Gasteiger partial charge in [-0.25, -0.2) is 8.78 Å². The van der Waals surface area contributed by atoms with Crippen LogP contribution in [0.1, 0.15) is 18.0 Å². The lowest BCUT2D eigenvalue weighted by atomic mass is 10.0. The van der Waals surface area contributed by atoms with Crippen molar-refractivity contribution in [3.8, 4) is 0 Å². The molecule has 0 bridgehead atoms. The van der Waals surface area contributed by atoms with Gasteiger partial charge < -0.3 is 10.1 Å². The maximum absolute atomic E-state index is 12.0. The highest BCUT2D eigenvalue weighted by molar-refractivity contribution is 5.79. The van der Waals surface area contributed by atoms with E-state index in [4.69, 9.17) is 4.74 Å². The standard InChI is InChI=1S/C15H18F2N2O/c1-18-13(6-8-20-10-15(16)17)12-4-5-14-11(9-12)3-2-7-19-14/h2-5,7,9,13,15,18H,6,8,10H2,1H3. The molecule has 0 spiro atoms. The van der Waals surface area contributed by atoms with Crippen LogP contribution >= 0.6 is 0 Å². The SMILES string of the molecule is CNC(CCOCC(F)F)c1ccc2ncccc2c1. The van der Waals surface area contributed by atoms with E-state index < -0.39 is 13.0 Å². The van der Waals surface area contributed by atoms with Crippen molar-refractivity contribution in [1.29, 1.82) is 0 Å². The average Bonchev–Trinajstić information content (AvgIpc) is 2.46. The van der Waals surface area contributed by atoms with Crippen molar-refractivity contribution >= 4 is 10.9 Å². The monoisotopic (exact) mass is 280 g/mol. The largest absolute Gasteiger partial charge is 0.375 e. The van der Waals surface area contributed by atoms with Crippen LogP contribution in [0.5, 0.6) is 0 Å². The molecular formula is C15H18F2N2O. The molecule has 20 heavy (non-hydrogen) atoms.